The molecule has 43 heavy (non-hydrogen) atoms. The number of aromatic nitrogens is 2. The number of hydrogen-bond acceptors (Lipinski definition) is 6. The van der Waals surface area contributed by atoms with Gasteiger partial charge in [0.05, 0.1) is 35.7 Å². The lowest BCUT2D eigenvalue weighted by Gasteiger charge is -2.32. The number of aliphatic hydroxyl groups is 2. The molecule has 228 valence electrons. The van der Waals surface area contributed by atoms with Crippen LogP contribution in [0.5, 0.6) is 5.75 Å². The van der Waals surface area contributed by atoms with Crippen molar-refractivity contribution in [1.29, 1.82) is 0 Å². The fourth-order valence-corrected chi connectivity index (χ4v) is 4.71. The van der Waals surface area contributed by atoms with Crippen LogP contribution in [-0.2, 0) is 11.2 Å². The minimum absolute atomic E-state index is 0.00678. The standard InChI is InChI=1S/C29H24ClF6N3O4/c1-27(2,41)19-11-21(39-24(22(19)30)14-4-6-18(31)7-5-14)28(42,29(34,35)36)13-38-26(40)16-8-15-9-17(25(32)33)12-37-23(15)20(10-16)43-3/h4-12,25,41-42H,13H2,1-3H3,(H,38,40)/t28-/m0/s1. The van der Waals surface area contributed by atoms with Crippen molar-refractivity contribution in [3.8, 4) is 17.0 Å². The molecule has 2 aromatic heterocycles. The van der Waals surface area contributed by atoms with Crippen LogP contribution in [0.3, 0.4) is 0 Å². The number of fused-ring (bicyclic) bond motifs is 1. The quantitative estimate of drug-likeness (QED) is 0.194. The van der Waals surface area contributed by atoms with Crippen LogP contribution in [-0.4, -0.2) is 45.9 Å². The summed E-state index contributed by atoms with van der Waals surface area (Å²) in [6.07, 6.45) is -7.36. The number of hydrogen-bond donors (Lipinski definition) is 3. The number of nitrogens with zero attached hydrogens (tertiary/aromatic N) is 2. The Morgan fingerprint density at radius 3 is 2.28 bits per heavy atom. The number of ether oxygens (including phenoxy) is 1. The van der Waals surface area contributed by atoms with E-state index >= 15 is 0 Å². The zero-order chi connectivity index (χ0) is 31.9. The number of amides is 1. The molecule has 0 fully saturated rings. The van der Waals surface area contributed by atoms with Gasteiger partial charge in [-0.3, -0.25) is 9.78 Å². The van der Waals surface area contributed by atoms with Gasteiger partial charge < -0.3 is 20.3 Å². The lowest BCUT2D eigenvalue weighted by molar-refractivity contribution is -0.265. The maximum absolute atomic E-state index is 14.5. The predicted molar refractivity (Wildman–Crippen MR) is 145 cm³/mol. The number of benzene rings is 2. The lowest BCUT2D eigenvalue weighted by atomic mass is 9.90. The van der Waals surface area contributed by atoms with Gasteiger partial charge in [-0.15, -0.1) is 0 Å². The molecule has 0 aliphatic rings. The lowest BCUT2D eigenvalue weighted by Crippen LogP contribution is -2.51. The van der Waals surface area contributed by atoms with Crippen molar-refractivity contribution in [2.75, 3.05) is 13.7 Å². The highest BCUT2D eigenvalue weighted by Gasteiger charge is 2.57. The van der Waals surface area contributed by atoms with Crippen LogP contribution >= 0.6 is 11.6 Å². The zero-order valence-electron chi connectivity index (χ0n) is 22.7. The van der Waals surface area contributed by atoms with Gasteiger partial charge in [-0.1, -0.05) is 11.6 Å². The fourth-order valence-electron chi connectivity index (χ4n) is 4.27. The molecule has 1 atom stereocenters. The van der Waals surface area contributed by atoms with Crippen LogP contribution in [0, 0.1) is 5.82 Å². The number of methoxy groups -OCH3 is 1. The Bertz CT molecular complexity index is 1680. The summed E-state index contributed by atoms with van der Waals surface area (Å²) in [6.45, 7) is 1.05. The van der Waals surface area contributed by atoms with E-state index in [1.807, 2.05) is 5.32 Å². The smallest absolute Gasteiger partial charge is 0.424 e. The number of carbonyl (C=O) groups excluding carboxylic acids is 1. The molecule has 14 heteroatoms. The summed E-state index contributed by atoms with van der Waals surface area (Å²) in [5.74, 6) is -1.76. The van der Waals surface area contributed by atoms with Crippen LogP contribution in [0.4, 0.5) is 26.3 Å². The van der Waals surface area contributed by atoms with Crippen molar-refractivity contribution in [3.63, 3.8) is 0 Å². The molecule has 0 radical (unpaired) electrons. The molecule has 0 unspecified atom stereocenters. The average Bonchev–Trinajstić information content (AvgIpc) is 2.94. The Labute approximate surface area is 246 Å². The summed E-state index contributed by atoms with van der Waals surface area (Å²) in [4.78, 5) is 20.9. The van der Waals surface area contributed by atoms with Gasteiger partial charge in [-0.05, 0) is 62.4 Å². The van der Waals surface area contributed by atoms with Crippen molar-refractivity contribution in [2.45, 2.75) is 37.7 Å². The number of pyridine rings is 2. The topological polar surface area (TPSA) is 105 Å². The van der Waals surface area contributed by atoms with E-state index in [0.29, 0.717) is 0 Å². The van der Waals surface area contributed by atoms with E-state index in [0.717, 1.165) is 42.6 Å². The summed E-state index contributed by atoms with van der Waals surface area (Å²) >= 11 is 6.41. The minimum atomic E-state index is -5.42. The van der Waals surface area contributed by atoms with Crippen molar-refractivity contribution in [3.05, 3.63) is 88.0 Å². The third kappa shape index (κ3) is 6.38. The van der Waals surface area contributed by atoms with Crippen LogP contribution in [0.2, 0.25) is 5.02 Å². The largest absolute Gasteiger partial charge is 0.494 e. The maximum atomic E-state index is 14.5. The van der Waals surface area contributed by atoms with Gasteiger partial charge in [0.25, 0.3) is 12.3 Å². The van der Waals surface area contributed by atoms with Crippen molar-refractivity contribution < 1.29 is 46.1 Å². The van der Waals surface area contributed by atoms with Gasteiger partial charge in [-0.2, -0.15) is 13.2 Å². The molecule has 0 bridgehead atoms. The first-order valence-electron chi connectivity index (χ1n) is 12.5. The molecule has 7 nitrogen and oxygen atoms in total. The first-order chi connectivity index (χ1) is 20.0. The Balaban J connectivity index is 1.78. The zero-order valence-corrected chi connectivity index (χ0v) is 23.5. The molecular formula is C29H24ClF6N3O4. The second-order valence-corrected chi connectivity index (χ2v) is 10.5. The Morgan fingerprint density at radius 2 is 1.72 bits per heavy atom. The molecule has 2 aromatic carbocycles. The molecule has 1 amide bonds. The van der Waals surface area contributed by atoms with Crippen LogP contribution in [0.25, 0.3) is 22.2 Å². The molecule has 0 aliphatic heterocycles. The summed E-state index contributed by atoms with van der Waals surface area (Å²) < 4.78 is 88.7. The van der Waals surface area contributed by atoms with Gasteiger partial charge >= 0.3 is 6.18 Å². The number of rotatable bonds is 8. The van der Waals surface area contributed by atoms with Crippen LogP contribution < -0.4 is 10.1 Å². The summed E-state index contributed by atoms with van der Waals surface area (Å²) in [6, 6.07) is 8.58. The van der Waals surface area contributed by atoms with Crippen molar-refractivity contribution in [1.82, 2.24) is 15.3 Å². The highest BCUT2D eigenvalue weighted by Crippen LogP contribution is 2.43. The molecular weight excluding hydrogens is 604 g/mol. The van der Waals surface area contributed by atoms with Crippen LogP contribution in [0.15, 0.2) is 54.7 Å². The van der Waals surface area contributed by atoms with Gasteiger partial charge in [-0.25, -0.2) is 18.2 Å². The van der Waals surface area contributed by atoms with Gasteiger partial charge in [0.2, 0.25) is 5.60 Å². The molecule has 0 aliphatic carbocycles. The number of carbonyl (C=O) groups is 1. The van der Waals surface area contributed by atoms with E-state index in [2.05, 4.69) is 9.97 Å². The first kappa shape index (κ1) is 32.0. The molecule has 0 saturated carbocycles. The Hall–Kier alpha value is -3.94. The number of alkyl halides is 5. The predicted octanol–water partition coefficient (Wildman–Crippen LogP) is 6.44. The molecule has 0 saturated heterocycles. The van der Waals surface area contributed by atoms with E-state index in [9.17, 15) is 41.4 Å². The molecule has 4 rings (SSSR count). The summed E-state index contributed by atoms with van der Waals surface area (Å²) in [5.41, 5.74) is -7.65. The molecule has 4 aromatic rings. The molecule has 3 N–H and O–H groups in total. The van der Waals surface area contributed by atoms with E-state index in [4.69, 9.17) is 16.3 Å². The monoisotopic (exact) mass is 627 g/mol. The van der Waals surface area contributed by atoms with E-state index in [1.165, 1.54) is 33.1 Å². The van der Waals surface area contributed by atoms with E-state index in [1.54, 1.807) is 0 Å². The molecule has 2 heterocycles. The second kappa shape index (κ2) is 11.6. The molecule has 0 spiro atoms. The van der Waals surface area contributed by atoms with Crippen molar-refractivity contribution in [2.24, 2.45) is 0 Å². The van der Waals surface area contributed by atoms with Gasteiger partial charge in [0.15, 0.2) is 0 Å². The Morgan fingerprint density at radius 1 is 1.07 bits per heavy atom. The fraction of sp³-hybridized carbons (Fsp3) is 0.276. The van der Waals surface area contributed by atoms with E-state index in [-0.39, 0.29) is 44.1 Å². The summed E-state index contributed by atoms with van der Waals surface area (Å²) in [5, 5.41) is 23.6. The average molecular weight is 628 g/mol. The maximum Gasteiger partial charge on any atom is 0.424 e. The number of halogens is 7. The highest BCUT2D eigenvalue weighted by atomic mass is 35.5. The van der Waals surface area contributed by atoms with E-state index < -0.39 is 53.3 Å². The first-order valence-corrected chi connectivity index (χ1v) is 12.9. The summed E-state index contributed by atoms with van der Waals surface area (Å²) in [7, 11) is 1.23. The normalized spacial score (nSPS) is 13.7. The van der Waals surface area contributed by atoms with Crippen LogP contribution in [0.1, 0.15) is 47.5 Å². The SMILES string of the molecule is COc1cc(C(=O)NC[C@](O)(c2cc(C(C)(C)O)c(Cl)c(-c3ccc(F)cc3)n2)C(F)(F)F)cc2cc(C(F)F)cnc12. The second-order valence-electron chi connectivity index (χ2n) is 10.1. The third-order valence-electron chi connectivity index (χ3n) is 6.64. The van der Waals surface area contributed by atoms with Crippen molar-refractivity contribution >= 4 is 28.4 Å². The Kier molecular flexibility index (Phi) is 8.65. The number of nitrogens with one attached hydrogen (secondary N) is 1. The van der Waals surface area contributed by atoms with Gasteiger partial charge in [0, 0.05) is 33.8 Å². The van der Waals surface area contributed by atoms with Gasteiger partial charge in [0.1, 0.15) is 17.1 Å². The highest BCUT2D eigenvalue weighted by molar-refractivity contribution is 6.34. The third-order valence-corrected chi connectivity index (χ3v) is 7.02. The minimum Gasteiger partial charge on any atom is -0.494 e.